The fourth-order valence-corrected chi connectivity index (χ4v) is 4.83. The Balaban J connectivity index is 2.29. The maximum atomic E-state index is 6.29. The summed E-state index contributed by atoms with van der Waals surface area (Å²) in [5, 5.41) is 2.16. The molecule has 0 amide bonds. The van der Waals surface area contributed by atoms with Gasteiger partial charge in [0.25, 0.3) is 0 Å². The van der Waals surface area contributed by atoms with Crippen LogP contribution in [0.1, 0.15) is 51.0 Å². The molecule has 2 N–H and O–H groups in total. The van der Waals surface area contributed by atoms with E-state index in [4.69, 9.17) is 5.73 Å². The van der Waals surface area contributed by atoms with Crippen LogP contribution in [-0.4, -0.2) is 23.0 Å². The summed E-state index contributed by atoms with van der Waals surface area (Å²) in [5.74, 6) is 0. The maximum absolute atomic E-state index is 6.29. The van der Waals surface area contributed by atoms with Crippen molar-refractivity contribution in [3.63, 3.8) is 0 Å². The van der Waals surface area contributed by atoms with E-state index in [1.165, 1.54) is 28.6 Å². The van der Waals surface area contributed by atoms with Crippen molar-refractivity contribution < 1.29 is 0 Å². The molecule has 0 bridgehead atoms. The molecule has 2 heterocycles. The number of halogens is 1. The second-order valence-electron chi connectivity index (χ2n) is 5.41. The van der Waals surface area contributed by atoms with E-state index in [1.807, 2.05) is 11.3 Å². The molecule has 1 aromatic rings. The van der Waals surface area contributed by atoms with E-state index >= 15 is 0 Å². The van der Waals surface area contributed by atoms with E-state index in [0.717, 1.165) is 0 Å². The number of nitrogens with zero attached hydrogens (tertiary/aromatic N) is 1. The highest BCUT2D eigenvalue weighted by molar-refractivity contribution is 9.10. The minimum atomic E-state index is 0.171. The molecule has 4 heteroatoms. The van der Waals surface area contributed by atoms with Crippen LogP contribution < -0.4 is 5.73 Å². The largest absolute Gasteiger partial charge is 0.326 e. The maximum Gasteiger partial charge on any atom is 0.0595 e. The van der Waals surface area contributed by atoms with Crippen molar-refractivity contribution in [1.82, 2.24) is 4.90 Å². The number of hydrogen-bond acceptors (Lipinski definition) is 3. The topological polar surface area (TPSA) is 29.3 Å². The van der Waals surface area contributed by atoms with E-state index in [2.05, 4.69) is 53.0 Å². The minimum Gasteiger partial charge on any atom is -0.326 e. The second-order valence-corrected chi connectivity index (χ2v) is 7.27. The molecule has 0 radical (unpaired) electrons. The zero-order chi connectivity index (χ0) is 13.3. The van der Waals surface area contributed by atoms with E-state index in [9.17, 15) is 0 Å². The summed E-state index contributed by atoms with van der Waals surface area (Å²) in [7, 11) is 0. The van der Waals surface area contributed by atoms with E-state index in [0.29, 0.717) is 18.1 Å². The molecule has 2 rings (SSSR count). The normalized spacial score (nSPS) is 28.5. The quantitative estimate of drug-likeness (QED) is 0.897. The first-order chi connectivity index (χ1) is 8.54. The van der Waals surface area contributed by atoms with E-state index in [-0.39, 0.29) is 6.04 Å². The average molecular weight is 331 g/mol. The van der Waals surface area contributed by atoms with Gasteiger partial charge in [-0.25, -0.2) is 0 Å². The lowest BCUT2D eigenvalue weighted by molar-refractivity contribution is 0.119. The predicted octanol–water partition coefficient (Wildman–Crippen LogP) is 4.16. The Bertz CT molecular complexity index is 391. The van der Waals surface area contributed by atoms with E-state index < -0.39 is 0 Å². The monoisotopic (exact) mass is 330 g/mol. The molecule has 102 valence electrons. The van der Waals surface area contributed by atoms with Crippen LogP contribution in [0.4, 0.5) is 0 Å². The van der Waals surface area contributed by atoms with E-state index in [1.54, 1.807) is 0 Å². The van der Waals surface area contributed by atoms with Gasteiger partial charge in [0.1, 0.15) is 0 Å². The van der Waals surface area contributed by atoms with Gasteiger partial charge in [0.2, 0.25) is 0 Å². The standard InChI is InChI=1S/C14H23BrN2S/c1-4-12-6-5-9(2)17(12)14(10(3)16)13-7-11(15)8-18-13/h7-10,12,14H,4-6,16H2,1-3H3. The fourth-order valence-electron chi connectivity index (χ4n) is 3.17. The highest BCUT2D eigenvalue weighted by Crippen LogP contribution is 2.39. The van der Waals surface area contributed by atoms with Gasteiger partial charge in [0.05, 0.1) is 6.04 Å². The number of hydrogen-bond donors (Lipinski definition) is 1. The zero-order valence-electron chi connectivity index (χ0n) is 11.4. The summed E-state index contributed by atoms with van der Waals surface area (Å²) >= 11 is 5.38. The summed E-state index contributed by atoms with van der Waals surface area (Å²) in [5.41, 5.74) is 6.29. The van der Waals surface area contributed by atoms with Gasteiger partial charge in [0.15, 0.2) is 0 Å². The SMILES string of the molecule is CCC1CCC(C)N1C(c1cc(Br)cs1)C(C)N. The van der Waals surface area contributed by atoms with Crippen LogP contribution in [0.5, 0.6) is 0 Å². The van der Waals surface area contributed by atoms with Crippen LogP contribution in [0.25, 0.3) is 0 Å². The zero-order valence-corrected chi connectivity index (χ0v) is 13.8. The molecule has 4 unspecified atom stereocenters. The summed E-state index contributed by atoms with van der Waals surface area (Å²) in [6, 6.07) is 4.11. The smallest absolute Gasteiger partial charge is 0.0595 e. The van der Waals surface area contributed by atoms with Crippen LogP contribution in [0, 0.1) is 0 Å². The van der Waals surface area contributed by atoms with Crippen molar-refractivity contribution in [3.8, 4) is 0 Å². The van der Waals surface area contributed by atoms with Gasteiger partial charge in [-0.05, 0) is 55.1 Å². The Labute approximate surface area is 123 Å². The molecule has 18 heavy (non-hydrogen) atoms. The first-order valence-corrected chi connectivity index (χ1v) is 8.48. The second kappa shape index (κ2) is 6.04. The van der Waals surface area contributed by atoms with Gasteiger partial charge in [-0.1, -0.05) is 6.92 Å². The molecule has 1 aromatic heterocycles. The minimum absolute atomic E-state index is 0.171. The van der Waals surface area contributed by atoms with Crippen LogP contribution in [-0.2, 0) is 0 Å². The van der Waals surface area contributed by atoms with Crippen molar-refractivity contribution in [3.05, 3.63) is 20.8 Å². The number of nitrogens with two attached hydrogens (primary N) is 1. The predicted molar refractivity (Wildman–Crippen MR) is 83.0 cm³/mol. The Morgan fingerprint density at radius 2 is 2.28 bits per heavy atom. The highest BCUT2D eigenvalue weighted by Gasteiger charge is 2.37. The first kappa shape index (κ1) is 14.5. The lowest BCUT2D eigenvalue weighted by Crippen LogP contribution is -2.44. The lowest BCUT2D eigenvalue weighted by Gasteiger charge is -2.37. The van der Waals surface area contributed by atoms with Crippen molar-refractivity contribution >= 4 is 27.3 Å². The molecule has 1 saturated heterocycles. The Hall–Kier alpha value is 0.1000. The molecule has 1 fully saturated rings. The fraction of sp³-hybridized carbons (Fsp3) is 0.714. The number of likely N-dealkylation sites (tertiary alicyclic amines) is 1. The number of thiophene rings is 1. The van der Waals surface area contributed by atoms with Gasteiger partial charge in [0, 0.05) is 32.9 Å². The van der Waals surface area contributed by atoms with Crippen LogP contribution in [0.3, 0.4) is 0 Å². The Morgan fingerprint density at radius 1 is 1.56 bits per heavy atom. The van der Waals surface area contributed by atoms with Gasteiger partial charge in [-0.2, -0.15) is 0 Å². The molecule has 4 atom stereocenters. The Kier molecular flexibility index (Phi) is 4.86. The van der Waals surface area contributed by atoms with Crippen LogP contribution >= 0.6 is 27.3 Å². The summed E-state index contributed by atoms with van der Waals surface area (Å²) in [6.07, 6.45) is 3.84. The van der Waals surface area contributed by atoms with Gasteiger partial charge in [-0.15, -0.1) is 11.3 Å². The summed E-state index contributed by atoms with van der Waals surface area (Å²) < 4.78 is 1.17. The molecule has 0 saturated carbocycles. The van der Waals surface area contributed by atoms with Crippen molar-refractivity contribution in [2.45, 2.75) is 64.2 Å². The van der Waals surface area contributed by atoms with Crippen LogP contribution in [0.15, 0.2) is 15.9 Å². The molecule has 1 aliphatic rings. The third kappa shape index (κ3) is 2.82. The van der Waals surface area contributed by atoms with Gasteiger partial charge >= 0.3 is 0 Å². The molecule has 0 spiro atoms. The summed E-state index contributed by atoms with van der Waals surface area (Å²) in [6.45, 7) is 6.77. The molecular formula is C14H23BrN2S. The molecule has 0 aromatic carbocycles. The van der Waals surface area contributed by atoms with Crippen LogP contribution in [0.2, 0.25) is 0 Å². The highest BCUT2D eigenvalue weighted by atomic mass is 79.9. The number of rotatable bonds is 4. The van der Waals surface area contributed by atoms with Crippen molar-refractivity contribution in [1.29, 1.82) is 0 Å². The third-order valence-corrected chi connectivity index (χ3v) is 5.78. The molecule has 2 nitrogen and oxygen atoms in total. The first-order valence-electron chi connectivity index (χ1n) is 6.81. The summed E-state index contributed by atoms with van der Waals surface area (Å²) in [4.78, 5) is 4.05. The van der Waals surface area contributed by atoms with Crippen molar-refractivity contribution in [2.24, 2.45) is 5.73 Å². The van der Waals surface area contributed by atoms with Gasteiger partial charge < -0.3 is 5.73 Å². The molecular weight excluding hydrogens is 308 g/mol. The Morgan fingerprint density at radius 3 is 2.78 bits per heavy atom. The lowest BCUT2D eigenvalue weighted by atomic mass is 10.0. The molecule has 0 aliphatic carbocycles. The van der Waals surface area contributed by atoms with Gasteiger partial charge in [-0.3, -0.25) is 4.90 Å². The third-order valence-electron chi connectivity index (χ3n) is 4.02. The molecule has 1 aliphatic heterocycles. The van der Waals surface area contributed by atoms with Crippen molar-refractivity contribution in [2.75, 3.05) is 0 Å². The average Bonchev–Trinajstić information content (AvgIpc) is 2.87.